The summed E-state index contributed by atoms with van der Waals surface area (Å²) in [7, 11) is 0. The SMILES string of the molecule is C=C(C[O])Cc1ccccc1. The fourth-order valence-electron chi connectivity index (χ4n) is 0.936. The normalized spacial score (nSPS) is 9.55. The molecular weight excluding hydrogens is 136 g/mol. The molecule has 11 heavy (non-hydrogen) atoms. The van der Waals surface area contributed by atoms with E-state index in [1.807, 2.05) is 30.3 Å². The topological polar surface area (TPSA) is 19.9 Å². The van der Waals surface area contributed by atoms with Crippen molar-refractivity contribution in [1.29, 1.82) is 0 Å². The van der Waals surface area contributed by atoms with Crippen molar-refractivity contribution >= 4 is 0 Å². The first-order valence-electron chi connectivity index (χ1n) is 3.61. The van der Waals surface area contributed by atoms with Gasteiger partial charge in [-0.25, -0.2) is 5.11 Å². The molecule has 1 heteroatoms. The van der Waals surface area contributed by atoms with E-state index in [9.17, 15) is 5.11 Å². The van der Waals surface area contributed by atoms with Gasteiger partial charge in [0.05, 0.1) is 0 Å². The van der Waals surface area contributed by atoms with Crippen molar-refractivity contribution in [1.82, 2.24) is 0 Å². The molecule has 0 unspecified atom stereocenters. The summed E-state index contributed by atoms with van der Waals surface area (Å²) in [4.78, 5) is 0. The molecule has 0 heterocycles. The second-order valence-corrected chi connectivity index (χ2v) is 2.56. The summed E-state index contributed by atoms with van der Waals surface area (Å²) in [6.07, 6.45) is 0.713. The molecule has 0 saturated carbocycles. The van der Waals surface area contributed by atoms with Crippen LogP contribution in [0.5, 0.6) is 0 Å². The lowest BCUT2D eigenvalue weighted by atomic mass is 10.1. The maximum atomic E-state index is 10.3. The van der Waals surface area contributed by atoms with Crippen LogP contribution in [0.15, 0.2) is 42.5 Å². The van der Waals surface area contributed by atoms with Crippen molar-refractivity contribution < 1.29 is 5.11 Å². The zero-order chi connectivity index (χ0) is 8.10. The van der Waals surface area contributed by atoms with E-state index in [-0.39, 0.29) is 6.61 Å². The molecule has 1 nitrogen and oxygen atoms in total. The van der Waals surface area contributed by atoms with Crippen molar-refractivity contribution in [3.8, 4) is 0 Å². The van der Waals surface area contributed by atoms with Crippen LogP contribution < -0.4 is 0 Å². The maximum Gasteiger partial charge on any atom is 0.103 e. The second kappa shape index (κ2) is 3.94. The lowest BCUT2D eigenvalue weighted by Crippen LogP contribution is -1.91. The Bertz CT molecular complexity index is 226. The molecule has 0 N–H and O–H groups in total. The van der Waals surface area contributed by atoms with Crippen LogP contribution in [-0.2, 0) is 11.5 Å². The molecule has 0 saturated heterocycles. The zero-order valence-corrected chi connectivity index (χ0v) is 6.42. The van der Waals surface area contributed by atoms with E-state index in [0.717, 1.165) is 11.1 Å². The lowest BCUT2D eigenvalue weighted by Gasteiger charge is -1.99. The smallest absolute Gasteiger partial charge is 0.103 e. The highest BCUT2D eigenvalue weighted by Gasteiger charge is 1.94. The average Bonchev–Trinajstić information content (AvgIpc) is 2.06. The van der Waals surface area contributed by atoms with Gasteiger partial charge in [-0.05, 0) is 17.6 Å². The Morgan fingerprint density at radius 3 is 2.45 bits per heavy atom. The van der Waals surface area contributed by atoms with E-state index >= 15 is 0 Å². The summed E-state index contributed by atoms with van der Waals surface area (Å²) in [5.74, 6) is 0. The fraction of sp³-hybridized carbons (Fsp3) is 0.200. The average molecular weight is 147 g/mol. The summed E-state index contributed by atoms with van der Waals surface area (Å²) in [6.45, 7) is 3.48. The highest BCUT2D eigenvalue weighted by atomic mass is 16.3. The van der Waals surface area contributed by atoms with Gasteiger partial charge in [-0.2, -0.15) is 0 Å². The van der Waals surface area contributed by atoms with Crippen molar-refractivity contribution in [2.75, 3.05) is 6.61 Å². The van der Waals surface area contributed by atoms with E-state index in [1.54, 1.807) is 0 Å². The van der Waals surface area contributed by atoms with E-state index in [1.165, 1.54) is 0 Å². The van der Waals surface area contributed by atoms with Gasteiger partial charge in [-0.3, -0.25) is 0 Å². The van der Waals surface area contributed by atoms with Crippen LogP contribution in [0.4, 0.5) is 0 Å². The van der Waals surface area contributed by atoms with Gasteiger partial charge < -0.3 is 0 Å². The Kier molecular flexibility index (Phi) is 2.87. The summed E-state index contributed by atoms with van der Waals surface area (Å²) in [5.41, 5.74) is 1.91. The first-order chi connectivity index (χ1) is 5.33. The molecular formula is C10H11O. The molecule has 0 aromatic heterocycles. The van der Waals surface area contributed by atoms with Crippen LogP contribution in [0.1, 0.15) is 5.56 Å². The van der Waals surface area contributed by atoms with Crippen LogP contribution in [0.3, 0.4) is 0 Å². The minimum absolute atomic E-state index is 0.172. The van der Waals surface area contributed by atoms with Crippen LogP contribution in [-0.4, -0.2) is 6.61 Å². The standard InChI is InChI=1S/C10H11O/c1-9(8-11)7-10-5-3-2-4-6-10/h2-6H,1,7-8H2. The number of hydrogen-bond acceptors (Lipinski definition) is 0. The van der Waals surface area contributed by atoms with E-state index in [4.69, 9.17) is 0 Å². The Balaban J connectivity index is 2.58. The molecule has 0 aliphatic carbocycles. The molecule has 57 valence electrons. The van der Waals surface area contributed by atoms with Crippen LogP contribution in [0.2, 0.25) is 0 Å². The van der Waals surface area contributed by atoms with Crippen molar-refractivity contribution in [2.24, 2.45) is 0 Å². The van der Waals surface area contributed by atoms with Crippen LogP contribution in [0, 0.1) is 0 Å². The highest BCUT2D eigenvalue weighted by Crippen LogP contribution is 2.04. The minimum Gasteiger partial charge on any atom is -0.232 e. The van der Waals surface area contributed by atoms with Gasteiger partial charge in [0.15, 0.2) is 0 Å². The zero-order valence-electron chi connectivity index (χ0n) is 6.42. The van der Waals surface area contributed by atoms with E-state index < -0.39 is 0 Å². The molecule has 0 fully saturated rings. The fourth-order valence-corrected chi connectivity index (χ4v) is 0.936. The van der Waals surface area contributed by atoms with Crippen molar-refractivity contribution in [3.63, 3.8) is 0 Å². The van der Waals surface area contributed by atoms with Gasteiger partial charge in [0.2, 0.25) is 0 Å². The Hall–Kier alpha value is -1.08. The quantitative estimate of drug-likeness (QED) is 0.584. The van der Waals surface area contributed by atoms with Crippen LogP contribution >= 0.6 is 0 Å². The Labute approximate surface area is 67.0 Å². The van der Waals surface area contributed by atoms with Gasteiger partial charge in [0.25, 0.3) is 0 Å². The second-order valence-electron chi connectivity index (χ2n) is 2.56. The molecule has 0 aliphatic heterocycles. The molecule has 0 bridgehead atoms. The first-order valence-corrected chi connectivity index (χ1v) is 3.61. The van der Waals surface area contributed by atoms with E-state index in [0.29, 0.717) is 6.42 Å². The first kappa shape index (κ1) is 8.02. The monoisotopic (exact) mass is 147 g/mol. The largest absolute Gasteiger partial charge is 0.232 e. The van der Waals surface area contributed by atoms with Gasteiger partial charge in [-0.1, -0.05) is 36.9 Å². The highest BCUT2D eigenvalue weighted by molar-refractivity contribution is 5.20. The maximum absolute atomic E-state index is 10.3. The predicted octanol–water partition coefficient (Wildman–Crippen LogP) is 2.22. The molecule has 0 spiro atoms. The third-order valence-electron chi connectivity index (χ3n) is 1.50. The van der Waals surface area contributed by atoms with E-state index in [2.05, 4.69) is 6.58 Å². The number of benzene rings is 1. The van der Waals surface area contributed by atoms with Gasteiger partial charge >= 0.3 is 0 Å². The third kappa shape index (κ3) is 2.56. The summed E-state index contributed by atoms with van der Waals surface area (Å²) < 4.78 is 0. The molecule has 1 radical (unpaired) electrons. The number of rotatable bonds is 3. The molecule has 1 rings (SSSR count). The molecule has 0 atom stereocenters. The molecule has 1 aromatic rings. The molecule has 1 aromatic carbocycles. The predicted molar refractivity (Wildman–Crippen MR) is 44.8 cm³/mol. The van der Waals surface area contributed by atoms with Crippen molar-refractivity contribution in [3.05, 3.63) is 48.0 Å². The van der Waals surface area contributed by atoms with Gasteiger partial charge in [0, 0.05) is 0 Å². The van der Waals surface area contributed by atoms with Crippen LogP contribution in [0.25, 0.3) is 0 Å². The lowest BCUT2D eigenvalue weighted by molar-refractivity contribution is 0.221. The Morgan fingerprint density at radius 1 is 1.27 bits per heavy atom. The Morgan fingerprint density at radius 2 is 1.91 bits per heavy atom. The summed E-state index contributed by atoms with van der Waals surface area (Å²) >= 11 is 0. The third-order valence-corrected chi connectivity index (χ3v) is 1.50. The molecule has 0 amide bonds. The minimum atomic E-state index is -0.172. The van der Waals surface area contributed by atoms with Gasteiger partial charge in [0.1, 0.15) is 6.61 Å². The van der Waals surface area contributed by atoms with Crippen molar-refractivity contribution in [2.45, 2.75) is 6.42 Å². The van der Waals surface area contributed by atoms with Gasteiger partial charge in [-0.15, -0.1) is 0 Å². The summed E-state index contributed by atoms with van der Waals surface area (Å²) in [6, 6.07) is 9.89. The number of hydrogen-bond donors (Lipinski definition) is 0. The summed E-state index contributed by atoms with van der Waals surface area (Å²) in [5, 5.41) is 10.3. The molecule has 0 aliphatic rings.